The van der Waals surface area contributed by atoms with Gasteiger partial charge in [-0.1, -0.05) is 41.9 Å². The van der Waals surface area contributed by atoms with Crippen LogP contribution in [0.4, 0.5) is 0 Å². The van der Waals surface area contributed by atoms with E-state index in [0.29, 0.717) is 6.04 Å². The Morgan fingerprint density at radius 3 is 2.71 bits per heavy atom. The van der Waals surface area contributed by atoms with Crippen LogP contribution in [0.5, 0.6) is 0 Å². The summed E-state index contributed by atoms with van der Waals surface area (Å²) in [5, 5.41) is 3.77. The highest BCUT2D eigenvalue weighted by Crippen LogP contribution is 2.45. The molecule has 1 saturated carbocycles. The van der Waals surface area contributed by atoms with Crippen LogP contribution < -0.4 is 5.32 Å². The molecule has 1 aliphatic carbocycles. The molecule has 0 aromatic heterocycles. The average molecular weight is 305 g/mol. The minimum atomic E-state index is 0.270. The van der Waals surface area contributed by atoms with Crippen molar-refractivity contribution in [3.05, 3.63) is 47.0 Å². The topological polar surface area (TPSA) is 15.3 Å². The minimum Gasteiger partial charge on any atom is -0.307 e. The molecule has 3 heteroatoms. The Morgan fingerprint density at radius 2 is 2.10 bits per heavy atom. The summed E-state index contributed by atoms with van der Waals surface area (Å²) in [4.78, 5) is 2.65. The van der Waals surface area contributed by atoms with Gasteiger partial charge < -0.3 is 5.32 Å². The molecule has 2 atom stereocenters. The van der Waals surface area contributed by atoms with Crippen LogP contribution in [0.2, 0.25) is 0 Å². The Hall–Kier alpha value is -0.830. The lowest BCUT2D eigenvalue weighted by Crippen LogP contribution is -2.62. The van der Waals surface area contributed by atoms with Gasteiger partial charge in [-0.2, -0.15) is 0 Å². The van der Waals surface area contributed by atoms with Crippen molar-refractivity contribution >= 4 is 11.6 Å². The van der Waals surface area contributed by atoms with Gasteiger partial charge in [-0.25, -0.2) is 0 Å². The first-order chi connectivity index (χ1) is 10.1. The van der Waals surface area contributed by atoms with Gasteiger partial charge in [0.05, 0.1) is 0 Å². The van der Waals surface area contributed by atoms with Crippen LogP contribution >= 0.6 is 11.6 Å². The van der Waals surface area contributed by atoms with E-state index in [1.807, 2.05) is 0 Å². The van der Waals surface area contributed by atoms with Crippen LogP contribution in [0.3, 0.4) is 0 Å². The van der Waals surface area contributed by atoms with Crippen molar-refractivity contribution in [2.45, 2.75) is 38.3 Å². The molecular formula is C18H25ClN2. The molecule has 1 N–H and O–H groups in total. The van der Waals surface area contributed by atoms with E-state index in [1.165, 1.54) is 24.0 Å². The third-order valence-electron chi connectivity index (χ3n) is 5.12. The van der Waals surface area contributed by atoms with Crippen molar-refractivity contribution in [2.24, 2.45) is 5.92 Å². The highest BCUT2D eigenvalue weighted by molar-refractivity contribution is 6.25. The van der Waals surface area contributed by atoms with Crippen LogP contribution in [0.1, 0.15) is 38.3 Å². The van der Waals surface area contributed by atoms with Crippen LogP contribution in [0.15, 0.2) is 41.4 Å². The smallest absolute Gasteiger partial charge is 0.0450 e. The molecule has 21 heavy (non-hydrogen) atoms. The summed E-state index contributed by atoms with van der Waals surface area (Å²) in [6, 6.07) is 11.2. The number of benzene rings is 1. The second-order valence-electron chi connectivity index (χ2n) is 6.81. The molecule has 0 spiro atoms. The summed E-state index contributed by atoms with van der Waals surface area (Å²) >= 11 is 5.91. The second-order valence-corrected chi connectivity index (χ2v) is 7.03. The van der Waals surface area contributed by atoms with Crippen LogP contribution in [-0.2, 0) is 0 Å². The standard InChI is InChI=1S/C18H25ClN2/c1-14(10-19)11-21-12-17(15-6-4-3-5-7-15)20-13-18(21,2)16-8-9-16/h3-7,10,16-17,20H,8-9,11-13H2,1-2H3/b14-10-. The van der Waals surface area contributed by atoms with E-state index < -0.39 is 0 Å². The van der Waals surface area contributed by atoms with Gasteiger partial charge in [0.25, 0.3) is 0 Å². The van der Waals surface area contributed by atoms with Crippen molar-refractivity contribution in [3.63, 3.8) is 0 Å². The molecule has 1 aliphatic heterocycles. The summed E-state index contributed by atoms with van der Waals surface area (Å²) in [7, 11) is 0. The highest BCUT2D eigenvalue weighted by atomic mass is 35.5. The first-order valence-electron chi connectivity index (χ1n) is 7.93. The van der Waals surface area contributed by atoms with Gasteiger partial charge >= 0.3 is 0 Å². The lowest BCUT2D eigenvalue weighted by atomic mass is 9.87. The Balaban J connectivity index is 1.79. The molecule has 2 aliphatic rings. The molecule has 2 nitrogen and oxygen atoms in total. The first-order valence-corrected chi connectivity index (χ1v) is 8.36. The summed E-state index contributed by atoms with van der Waals surface area (Å²) in [5.74, 6) is 0.838. The molecule has 114 valence electrons. The van der Waals surface area contributed by atoms with Gasteiger partial charge in [-0.05, 0) is 43.7 Å². The first kappa shape index (κ1) is 15.1. The van der Waals surface area contributed by atoms with E-state index in [4.69, 9.17) is 11.6 Å². The van der Waals surface area contributed by atoms with E-state index in [-0.39, 0.29) is 5.54 Å². The third-order valence-corrected chi connectivity index (χ3v) is 5.49. The summed E-state index contributed by atoms with van der Waals surface area (Å²) in [6.07, 6.45) is 2.74. The van der Waals surface area contributed by atoms with Crippen molar-refractivity contribution in [3.8, 4) is 0 Å². The largest absolute Gasteiger partial charge is 0.307 e. The second kappa shape index (κ2) is 6.12. The summed E-state index contributed by atoms with van der Waals surface area (Å²) < 4.78 is 0. The minimum absolute atomic E-state index is 0.270. The van der Waals surface area contributed by atoms with E-state index >= 15 is 0 Å². The quantitative estimate of drug-likeness (QED) is 0.906. The average Bonchev–Trinajstić information content (AvgIpc) is 3.35. The number of piperazine rings is 1. The fourth-order valence-electron chi connectivity index (χ4n) is 3.53. The molecule has 1 aromatic rings. The Kier molecular flexibility index (Phi) is 4.39. The Bertz CT molecular complexity index is 509. The predicted octanol–water partition coefficient (Wildman–Crippen LogP) is 3.94. The number of nitrogens with zero attached hydrogens (tertiary/aromatic N) is 1. The summed E-state index contributed by atoms with van der Waals surface area (Å²) in [6.45, 7) is 7.63. The number of rotatable bonds is 4. The highest BCUT2D eigenvalue weighted by Gasteiger charge is 2.48. The molecule has 0 bridgehead atoms. The van der Waals surface area contributed by atoms with Crippen molar-refractivity contribution in [2.75, 3.05) is 19.6 Å². The fourth-order valence-corrected chi connectivity index (χ4v) is 3.60. The van der Waals surface area contributed by atoms with Crippen LogP contribution in [-0.4, -0.2) is 30.1 Å². The molecular weight excluding hydrogens is 280 g/mol. The van der Waals surface area contributed by atoms with Crippen LogP contribution in [0.25, 0.3) is 0 Å². The molecule has 0 amide bonds. The zero-order chi connectivity index (χ0) is 14.9. The maximum absolute atomic E-state index is 5.91. The van der Waals surface area contributed by atoms with Crippen molar-refractivity contribution in [1.29, 1.82) is 0 Å². The van der Waals surface area contributed by atoms with Gasteiger partial charge in [0, 0.05) is 36.8 Å². The van der Waals surface area contributed by atoms with Crippen molar-refractivity contribution in [1.82, 2.24) is 10.2 Å². The summed E-state index contributed by atoms with van der Waals surface area (Å²) in [5.41, 5.74) is 4.63. The zero-order valence-electron chi connectivity index (χ0n) is 13.0. The van der Waals surface area contributed by atoms with E-state index in [0.717, 1.165) is 25.6 Å². The number of hydrogen-bond donors (Lipinski definition) is 1. The predicted molar refractivity (Wildman–Crippen MR) is 89.5 cm³/mol. The fraction of sp³-hybridized carbons (Fsp3) is 0.556. The number of halogens is 1. The van der Waals surface area contributed by atoms with Gasteiger partial charge in [-0.15, -0.1) is 0 Å². The molecule has 0 radical (unpaired) electrons. The Labute approximate surface area is 133 Å². The lowest BCUT2D eigenvalue weighted by Gasteiger charge is -2.49. The maximum atomic E-state index is 5.91. The van der Waals surface area contributed by atoms with Crippen molar-refractivity contribution < 1.29 is 0 Å². The van der Waals surface area contributed by atoms with Gasteiger partial charge in [0.2, 0.25) is 0 Å². The molecule has 1 aromatic carbocycles. The van der Waals surface area contributed by atoms with Gasteiger partial charge in [0.1, 0.15) is 0 Å². The zero-order valence-corrected chi connectivity index (χ0v) is 13.7. The van der Waals surface area contributed by atoms with E-state index in [9.17, 15) is 0 Å². The van der Waals surface area contributed by atoms with E-state index in [2.05, 4.69) is 54.4 Å². The van der Waals surface area contributed by atoms with Gasteiger partial charge in [-0.3, -0.25) is 4.90 Å². The number of hydrogen-bond acceptors (Lipinski definition) is 2. The SMILES string of the molecule is C/C(=C/Cl)CN1CC(c2ccccc2)NCC1(C)C1CC1. The normalized spacial score (nSPS) is 31.4. The molecule has 1 heterocycles. The molecule has 3 rings (SSSR count). The van der Waals surface area contributed by atoms with Gasteiger partial charge in [0.15, 0.2) is 0 Å². The monoisotopic (exact) mass is 304 g/mol. The Morgan fingerprint density at radius 1 is 1.38 bits per heavy atom. The number of nitrogens with one attached hydrogen (secondary N) is 1. The van der Waals surface area contributed by atoms with E-state index in [1.54, 1.807) is 5.54 Å². The third kappa shape index (κ3) is 3.18. The maximum Gasteiger partial charge on any atom is 0.0450 e. The lowest BCUT2D eigenvalue weighted by molar-refractivity contribution is 0.0432. The molecule has 2 unspecified atom stereocenters. The molecule has 1 saturated heterocycles. The molecule has 2 fully saturated rings. The van der Waals surface area contributed by atoms with Crippen LogP contribution in [0, 0.1) is 5.92 Å².